The Labute approximate surface area is 157 Å². The average molecular weight is 373 g/mol. The molecule has 2 rings (SSSR count). The lowest BCUT2D eigenvalue weighted by Crippen LogP contribution is -2.40. The number of aryl methyl sites for hydroxylation is 2. The summed E-state index contributed by atoms with van der Waals surface area (Å²) < 4.78 is 5.21. The van der Waals surface area contributed by atoms with Crippen LogP contribution < -0.4 is 5.32 Å². The van der Waals surface area contributed by atoms with Crippen LogP contribution in [-0.4, -0.2) is 27.8 Å². The van der Waals surface area contributed by atoms with Crippen molar-refractivity contribution in [3.05, 3.63) is 57.0 Å². The maximum atomic E-state index is 12.7. The number of Topliss-reactive ketones (excluding diaryl/α,β-unsaturated/α-hetero) is 1. The molecule has 8 nitrogen and oxygen atoms in total. The number of non-ortho nitro benzene ring substituents is 1. The van der Waals surface area contributed by atoms with Crippen LogP contribution in [0.1, 0.15) is 59.9 Å². The first-order valence-corrected chi connectivity index (χ1v) is 8.87. The van der Waals surface area contributed by atoms with E-state index in [-0.39, 0.29) is 17.4 Å². The van der Waals surface area contributed by atoms with Crippen LogP contribution >= 0.6 is 0 Å². The van der Waals surface area contributed by atoms with E-state index < -0.39 is 16.9 Å². The van der Waals surface area contributed by atoms with Crippen LogP contribution in [0.5, 0.6) is 0 Å². The molecule has 2 aromatic rings. The fourth-order valence-corrected chi connectivity index (χ4v) is 2.74. The summed E-state index contributed by atoms with van der Waals surface area (Å²) in [5.74, 6) is -0.508. The molecular formula is C19H23N3O5. The molecule has 0 saturated heterocycles. The van der Waals surface area contributed by atoms with E-state index in [9.17, 15) is 19.7 Å². The van der Waals surface area contributed by atoms with Gasteiger partial charge in [0.05, 0.1) is 10.6 Å². The third kappa shape index (κ3) is 4.39. The average Bonchev–Trinajstić information content (AvgIpc) is 3.10. The van der Waals surface area contributed by atoms with Gasteiger partial charge >= 0.3 is 0 Å². The van der Waals surface area contributed by atoms with Crippen molar-refractivity contribution in [1.29, 1.82) is 0 Å². The van der Waals surface area contributed by atoms with Crippen molar-refractivity contribution >= 4 is 17.4 Å². The normalized spacial score (nSPS) is 13.0. The molecule has 1 aromatic carbocycles. The molecule has 0 aliphatic rings. The second kappa shape index (κ2) is 8.57. The summed E-state index contributed by atoms with van der Waals surface area (Å²) >= 11 is 0. The van der Waals surface area contributed by atoms with Crippen molar-refractivity contribution in [2.45, 2.75) is 46.6 Å². The minimum atomic E-state index is -0.518. The van der Waals surface area contributed by atoms with Gasteiger partial charge in [-0.15, -0.1) is 0 Å². The number of nitro benzene ring substituents is 1. The summed E-state index contributed by atoms with van der Waals surface area (Å²) in [5.41, 5.74) is 1.31. The molecule has 1 N–H and O–H groups in total. The molecular weight excluding hydrogens is 350 g/mol. The fourth-order valence-electron chi connectivity index (χ4n) is 2.74. The summed E-state index contributed by atoms with van der Waals surface area (Å²) in [6.45, 7) is 7.22. The topological polar surface area (TPSA) is 115 Å². The lowest BCUT2D eigenvalue weighted by molar-refractivity contribution is -0.384. The minimum Gasteiger partial charge on any atom is -0.360 e. The molecule has 0 radical (unpaired) electrons. The number of benzene rings is 1. The number of carbonyl (C=O) groups is 2. The molecule has 27 heavy (non-hydrogen) atoms. The molecule has 0 spiro atoms. The van der Waals surface area contributed by atoms with Crippen LogP contribution in [-0.2, 0) is 12.8 Å². The van der Waals surface area contributed by atoms with E-state index in [4.69, 9.17) is 4.52 Å². The fraction of sp³-hybridized carbons (Fsp3) is 0.421. The molecule has 144 valence electrons. The monoisotopic (exact) mass is 373 g/mol. The van der Waals surface area contributed by atoms with Gasteiger partial charge in [0.2, 0.25) is 0 Å². The van der Waals surface area contributed by atoms with Gasteiger partial charge in [-0.2, -0.15) is 0 Å². The van der Waals surface area contributed by atoms with Gasteiger partial charge in [0.1, 0.15) is 11.3 Å². The van der Waals surface area contributed by atoms with Crippen molar-refractivity contribution in [2.75, 3.05) is 0 Å². The first-order valence-electron chi connectivity index (χ1n) is 8.87. The number of nitrogens with one attached hydrogen (secondary N) is 1. The largest absolute Gasteiger partial charge is 0.360 e. The molecule has 0 fully saturated rings. The first kappa shape index (κ1) is 20.3. The van der Waals surface area contributed by atoms with Gasteiger partial charge in [-0.25, -0.2) is 0 Å². The number of nitrogens with zero attached hydrogens (tertiary/aromatic N) is 2. The van der Waals surface area contributed by atoms with Gasteiger partial charge in [0.15, 0.2) is 5.78 Å². The van der Waals surface area contributed by atoms with Crippen LogP contribution in [0.15, 0.2) is 28.8 Å². The minimum absolute atomic E-state index is 0.0767. The van der Waals surface area contributed by atoms with E-state index in [2.05, 4.69) is 10.5 Å². The Morgan fingerprint density at radius 1 is 1.19 bits per heavy atom. The zero-order valence-electron chi connectivity index (χ0n) is 15.8. The highest BCUT2D eigenvalue weighted by Crippen LogP contribution is 2.19. The maximum Gasteiger partial charge on any atom is 0.269 e. The number of aromatic nitrogens is 1. The number of hydrogen-bond donors (Lipinski definition) is 1. The Morgan fingerprint density at radius 2 is 1.81 bits per heavy atom. The summed E-state index contributed by atoms with van der Waals surface area (Å²) in [6.07, 6.45) is 1.11. The number of hydrogen-bond acceptors (Lipinski definition) is 6. The third-order valence-electron chi connectivity index (χ3n) is 4.60. The predicted octanol–water partition coefficient (Wildman–Crippen LogP) is 3.34. The molecule has 0 aliphatic heterocycles. The van der Waals surface area contributed by atoms with E-state index in [1.807, 2.05) is 13.8 Å². The lowest BCUT2D eigenvalue weighted by atomic mass is 9.93. The van der Waals surface area contributed by atoms with E-state index in [0.717, 1.165) is 0 Å². The number of amides is 1. The van der Waals surface area contributed by atoms with Gasteiger partial charge in [-0.05, 0) is 25.5 Å². The summed E-state index contributed by atoms with van der Waals surface area (Å²) in [6, 6.07) is 5.00. The Balaban J connectivity index is 2.11. The van der Waals surface area contributed by atoms with E-state index in [1.165, 1.54) is 24.3 Å². The van der Waals surface area contributed by atoms with Crippen molar-refractivity contribution < 1.29 is 19.0 Å². The van der Waals surface area contributed by atoms with E-state index in [0.29, 0.717) is 35.4 Å². The van der Waals surface area contributed by atoms with Crippen molar-refractivity contribution in [2.24, 2.45) is 5.92 Å². The summed E-state index contributed by atoms with van der Waals surface area (Å²) in [7, 11) is 0. The highest BCUT2D eigenvalue weighted by Gasteiger charge is 2.27. The highest BCUT2D eigenvalue weighted by molar-refractivity contribution is 6.00. The van der Waals surface area contributed by atoms with Crippen LogP contribution in [0.25, 0.3) is 0 Å². The maximum absolute atomic E-state index is 12.7. The zero-order chi connectivity index (χ0) is 20.1. The molecule has 1 aromatic heterocycles. The second-order valence-electron chi connectivity index (χ2n) is 6.35. The van der Waals surface area contributed by atoms with E-state index >= 15 is 0 Å². The molecule has 0 bridgehead atoms. The van der Waals surface area contributed by atoms with Gasteiger partial charge in [0.25, 0.3) is 11.6 Å². The quantitative estimate of drug-likeness (QED) is 0.431. The number of carbonyl (C=O) groups excluding carboxylic acids is 2. The summed E-state index contributed by atoms with van der Waals surface area (Å²) in [4.78, 5) is 35.5. The second-order valence-corrected chi connectivity index (χ2v) is 6.35. The highest BCUT2D eigenvalue weighted by atomic mass is 16.6. The van der Waals surface area contributed by atoms with Crippen LogP contribution in [0, 0.1) is 16.0 Å². The zero-order valence-corrected chi connectivity index (χ0v) is 15.8. The molecule has 1 amide bonds. The lowest BCUT2D eigenvalue weighted by Gasteiger charge is -2.20. The molecule has 2 atom stereocenters. The molecule has 0 aliphatic carbocycles. The van der Waals surface area contributed by atoms with Gasteiger partial charge in [0, 0.05) is 36.1 Å². The molecule has 1 heterocycles. The Hall–Kier alpha value is -3.03. The Bertz CT molecular complexity index is 820. The van der Waals surface area contributed by atoms with Crippen molar-refractivity contribution in [1.82, 2.24) is 10.5 Å². The Kier molecular flexibility index (Phi) is 6.44. The molecule has 2 unspecified atom stereocenters. The van der Waals surface area contributed by atoms with Crippen LogP contribution in [0.4, 0.5) is 5.69 Å². The van der Waals surface area contributed by atoms with E-state index in [1.54, 1.807) is 13.8 Å². The predicted molar refractivity (Wildman–Crippen MR) is 98.8 cm³/mol. The first-order chi connectivity index (χ1) is 12.8. The van der Waals surface area contributed by atoms with Gasteiger partial charge in [-0.3, -0.25) is 19.7 Å². The van der Waals surface area contributed by atoms with Crippen molar-refractivity contribution in [3.63, 3.8) is 0 Å². The van der Waals surface area contributed by atoms with Gasteiger partial charge in [-0.1, -0.05) is 25.9 Å². The number of nitro groups is 1. The SMILES string of the molecule is CCc1noc(CC)c1C(=O)NC(C)C(C)C(=O)c1ccc([N+](=O)[O-])cc1. The molecule has 8 heteroatoms. The smallest absolute Gasteiger partial charge is 0.269 e. The number of ketones is 1. The third-order valence-corrected chi connectivity index (χ3v) is 4.60. The summed E-state index contributed by atoms with van der Waals surface area (Å²) in [5, 5.41) is 17.5. The molecule has 0 saturated carbocycles. The van der Waals surface area contributed by atoms with Crippen LogP contribution in [0.3, 0.4) is 0 Å². The van der Waals surface area contributed by atoms with Gasteiger partial charge < -0.3 is 9.84 Å². The Morgan fingerprint density at radius 3 is 2.33 bits per heavy atom. The van der Waals surface area contributed by atoms with Crippen LogP contribution in [0.2, 0.25) is 0 Å². The van der Waals surface area contributed by atoms with Crippen molar-refractivity contribution in [3.8, 4) is 0 Å². The number of rotatable bonds is 8. The standard InChI is InChI=1S/C19H23N3O5/c1-5-15-17(16(6-2)27-21-15)19(24)20-12(4)11(3)18(23)13-7-9-14(10-8-13)22(25)26/h7-12H,5-6H2,1-4H3,(H,20,24).